The molecule has 6 heteroatoms. The van der Waals surface area contributed by atoms with Gasteiger partial charge in [-0.3, -0.25) is 0 Å². The summed E-state index contributed by atoms with van der Waals surface area (Å²) in [5, 5.41) is 11.6. The van der Waals surface area contributed by atoms with Gasteiger partial charge in [0, 0.05) is 11.3 Å². The SMILES string of the molecule is CC1CC1n1nnnc1-c1cc(N)cc(F)c1. The highest BCUT2D eigenvalue weighted by atomic mass is 19.1. The molecule has 2 atom stereocenters. The molecule has 1 fully saturated rings. The third-order valence-corrected chi connectivity index (χ3v) is 3.05. The van der Waals surface area contributed by atoms with Crippen molar-refractivity contribution >= 4 is 5.69 Å². The summed E-state index contributed by atoms with van der Waals surface area (Å²) in [7, 11) is 0. The van der Waals surface area contributed by atoms with Gasteiger partial charge in [0.2, 0.25) is 0 Å². The standard InChI is InChI=1S/C11H12FN5/c1-6-2-10(6)17-11(14-15-16-17)7-3-8(12)5-9(13)4-7/h3-6,10H,2,13H2,1H3. The number of hydrogen-bond donors (Lipinski definition) is 1. The normalized spacial score (nSPS) is 22.7. The monoisotopic (exact) mass is 233 g/mol. The zero-order valence-corrected chi connectivity index (χ0v) is 9.34. The van der Waals surface area contributed by atoms with E-state index in [9.17, 15) is 4.39 Å². The van der Waals surface area contributed by atoms with Gasteiger partial charge in [0.1, 0.15) is 5.82 Å². The Hall–Kier alpha value is -1.98. The van der Waals surface area contributed by atoms with E-state index in [0.29, 0.717) is 29.0 Å². The van der Waals surface area contributed by atoms with Gasteiger partial charge in [0.15, 0.2) is 5.82 Å². The molecule has 1 heterocycles. The number of tetrazole rings is 1. The van der Waals surface area contributed by atoms with Crippen molar-refractivity contribution in [1.82, 2.24) is 20.2 Å². The molecule has 1 aliphatic rings. The topological polar surface area (TPSA) is 69.6 Å². The first-order chi connectivity index (χ1) is 8.15. The lowest BCUT2D eigenvalue weighted by atomic mass is 10.2. The summed E-state index contributed by atoms with van der Waals surface area (Å²) in [6.45, 7) is 2.13. The molecular formula is C11H12FN5. The van der Waals surface area contributed by atoms with Crippen LogP contribution in [-0.2, 0) is 0 Å². The van der Waals surface area contributed by atoms with E-state index in [1.54, 1.807) is 10.7 Å². The fourth-order valence-electron chi connectivity index (χ4n) is 1.99. The fraction of sp³-hybridized carbons (Fsp3) is 0.364. The van der Waals surface area contributed by atoms with E-state index in [2.05, 4.69) is 22.4 Å². The van der Waals surface area contributed by atoms with Crippen molar-refractivity contribution in [3.05, 3.63) is 24.0 Å². The van der Waals surface area contributed by atoms with Crippen molar-refractivity contribution in [3.63, 3.8) is 0 Å². The van der Waals surface area contributed by atoms with Crippen LogP contribution in [0, 0.1) is 11.7 Å². The third-order valence-electron chi connectivity index (χ3n) is 3.05. The van der Waals surface area contributed by atoms with Gasteiger partial charge in [-0.1, -0.05) is 6.92 Å². The lowest BCUT2D eigenvalue weighted by Gasteiger charge is -2.04. The Morgan fingerprint density at radius 1 is 1.41 bits per heavy atom. The minimum Gasteiger partial charge on any atom is -0.399 e. The van der Waals surface area contributed by atoms with E-state index in [0.717, 1.165) is 6.42 Å². The number of nitrogens with zero attached hydrogens (tertiary/aromatic N) is 4. The highest BCUT2D eigenvalue weighted by Crippen LogP contribution is 2.43. The van der Waals surface area contributed by atoms with Gasteiger partial charge < -0.3 is 5.73 Å². The van der Waals surface area contributed by atoms with Gasteiger partial charge in [0.05, 0.1) is 6.04 Å². The maximum Gasteiger partial charge on any atom is 0.182 e. The number of hydrogen-bond acceptors (Lipinski definition) is 4. The van der Waals surface area contributed by atoms with Crippen molar-refractivity contribution in [2.45, 2.75) is 19.4 Å². The van der Waals surface area contributed by atoms with Gasteiger partial charge in [0.25, 0.3) is 0 Å². The van der Waals surface area contributed by atoms with Crippen molar-refractivity contribution < 1.29 is 4.39 Å². The first-order valence-electron chi connectivity index (χ1n) is 5.49. The van der Waals surface area contributed by atoms with Crippen molar-refractivity contribution in [1.29, 1.82) is 0 Å². The quantitative estimate of drug-likeness (QED) is 0.800. The lowest BCUT2D eigenvalue weighted by molar-refractivity contribution is 0.583. The molecule has 0 bridgehead atoms. The highest BCUT2D eigenvalue weighted by molar-refractivity contribution is 5.61. The molecule has 1 aromatic carbocycles. The number of anilines is 1. The molecule has 2 unspecified atom stereocenters. The molecule has 17 heavy (non-hydrogen) atoms. The molecule has 5 nitrogen and oxygen atoms in total. The fourth-order valence-corrected chi connectivity index (χ4v) is 1.99. The van der Waals surface area contributed by atoms with Crippen LogP contribution in [0.4, 0.5) is 10.1 Å². The largest absolute Gasteiger partial charge is 0.399 e. The highest BCUT2D eigenvalue weighted by Gasteiger charge is 2.37. The molecule has 0 aliphatic heterocycles. The Morgan fingerprint density at radius 3 is 2.82 bits per heavy atom. The lowest BCUT2D eigenvalue weighted by Crippen LogP contribution is -2.02. The van der Waals surface area contributed by atoms with Crippen LogP contribution in [0.3, 0.4) is 0 Å². The van der Waals surface area contributed by atoms with Crippen molar-refractivity contribution in [3.8, 4) is 11.4 Å². The number of nitrogen functional groups attached to an aromatic ring is 1. The van der Waals surface area contributed by atoms with Crippen LogP contribution >= 0.6 is 0 Å². The Labute approximate surface area is 97.4 Å². The molecule has 2 aromatic rings. The molecule has 0 amide bonds. The number of benzene rings is 1. The number of halogens is 1. The van der Waals surface area contributed by atoms with Gasteiger partial charge in [-0.15, -0.1) is 5.10 Å². The minimum absolute atomic E-state index is 0.324. The smallest absolute Gasteiger partial charge is 0.182 e. The van der Waals surface area contributed by atoms with Crippen LogP contribution in [-0.4, -0.2) is 20.2 Å². The molecule has 0 radical (unpaired) electrons. The summed E-state index contributed by atoms with van der Waals surface area (Å²) in [5.41, 5.74) is 6.61. The van der Waals surface area contributed by atoms with Crippen LogP contribution < -0.4 is 5.73 Å². The molecule has 1 aliphatic carbocycles. The van der Waals surface area contributed by atoms with Gasteiger partial charge >= 0.3 is 0 Å². The van der Waals surface area contributed by atoms with Crippen LogP contribution in [0.2, 0.25) is 0 Å². The first kappa shape index (κ1) is 10.2. The summed E-state index contributed by atoms with van der Waals surface area (Å²) in [6, 6.07) is 4.67. The van der Waals surface area contributed by atoms with Crippen molar-refractivity contribution in [2.75, 3.05) is 5.73 Å². The zero-order chi connectivity index (χ0) is 12.0. The summed E-state index contributed by atoms with van der Waals surface area (Å²) in [5.74, 6) is 0.770. The summed E-state index contributed by atoms with van der Waals surface area (Å²) < 4.78 is 15.0. The second kappa shape index (κ2) is 3.51. The van der Waals surface area contributed by atoms with Crippen molar-refractivity contribution in [2.24, 2.45) is 5.92 Å². The van der Waals surface area contributed by atoms with Gasteiger partial charge in [-0.2, -0.15) is 0 Å². The number of rotatable bonds is 2. The molecule has 1 saturated carbocycles. The number of aromatic nitrogens is 4. The summed E-state index contributed by atoms with van der Waals surface area (Å²) in [4.78, 5) is 0. The molecule has 2 N–H and O–H groups in total. The Morgan fingerprint density at radius 2 is 2.18 bits per heavy atom. The average Bonchev–Trinajstić information content (AvgIpc) is 2.79. The van der Waals surface area contributed by atoms with E-state index in [1.807, 2.05) is 0 Å². The first-order valence-corrected chi connectivity index (χ1v) is 5.49. The Bertz CT molecular complexity index is 544. The third kappa shape index (κ3) is 1.75. The van der Waals surface area contributed by atoms with E-state index >= 15 is 0 Å². The molecule has 0 spiro atoms. The minimum atomic E-state index is -0.376. The second-order valence-corrected chi connectivity index (χ2v) is 4.50. The average molecular weight is 233 g/mol. The van der Waals surface area contributed by atoms with Gasteiger partial charge in [-0.25, -0.2) is 9.07 Å². The number of nitrogens with two attached hydrogens (primary N) is 1. The van der Waals surface area contributed by atoms with E-state index < -0.39 is 0 Å². The maximum atomic E-state index is 13.3. The van der Waals surface area contributed by atoms with E-state index in [-0.39, 0.29) is 5.82 Å². The maximum absolute atomic E-state index is 13.3. The zero-order valence-electron chi connectivity index (χ0n) is 9.34. The van der Waals surface area contributed by atoms with Gasteiger partial charge in [-0.05, 0) is 41.0 Å². The summed E-state index contributed by atoms with van der Waals surface area (Å²) >= 11 is 0. The second-order valence-electron chi connectivity index (χ2n) is 4.50. The predicted octanol–water partition coefficient (Wildman–Crippen LogP) is 1.64. The molecular weight excluding hydrogens is 221 g/mol. The van der Waals surface area contributed by atoms with E-state index in [4.69, 9.17) is 5.73 Å². The molecule has 3 rings (SSSR count). The molecule has 0 saturated heterocycles. The van der Waals surface area contributed by atoms with E-state index in [1.165, 1.54) is 12.1 Å². The summed E-state index contributed by atoms with van der Waals surface area (Å²) in [6.07, 6.45) is 1.06. The van der Waals surface area contributed by atoms with Crippen LogP contribution in [0.1, 0.15) is 19.4 Å². The molecule has 88 valence electrons. The Kier molecular flexibility index (Phi) is 2.10. The predicted molar refractivity (Wildman–Crippen MR) is 60.4 cm³/mol. The van der Waals surface area contributed by atoms with Crippen LogP contribution in [0.5, 0.6) is 0 Å². The Balaban J connectivity index is 2.06. The van der Waals surface area contributed by atoms with Crippen LogP contribution in [0.15, 0.2) is 18.2 Å². The van der Waals surface area contributed by atoms with Crippen LogP contribution in [0.25, 0.3) is 11.4 Å². The molecule has 1 aromatic heterocycles.